The molecule has 0 aliphatic heterocycles. The van der Waals surface area contributed by atoms with Gasteiger partial charge in [-0.3, -0.25) is 4.68 Å². The number of nitrogens with zero attached hydrogens (tertiary/aromatic N) is 3. The van der Waals surface area contributed by atoms with E-state index in [2.05, 4.69) is 10.1 Å². The largest absolute Gasteiger partial charge is 0.265 e. The second-order valence-electron chi connectivity index (χ2n) is 3.16. The lowest BCUT2D eigenvalue weighted by Crippen LogP contribution is -1.92. The summed E-state index contributed by atoms with van der Waals surface area (Å²) in [5.74, 6) is 0. The third kappa shape index (κ3) is 1.20. The number of aromatic nitrogens is 3. The van der Waals surface area contributed by atoms with Gasteiger partial charge in [0.25, 0.3) is 0 Å². The van der Waals surface area contributed by atoms with Crippen LogP contribution < -0.4 is 0 Å². The van der Waals surface area contributed by atoms with Crippen LogP contribution in [0.5, 0.6) is 0 Å². The summed E-state index contributed by atoms with van der Waals surface area (Å²) in [5.41, 5.74) is 2.82. The third-order valence-corrected chi connectivity index (χ3v) is 2.36. The summed E-state index contributed by atoms with van der Waals surface area (Å²) in [6.07, 6.45) is 0. The summed E-state index contributed by atoms with van der Waals surface area (Å²) in [6, 6.07) is 2.00. The molecule has 0 unspecified atom stereocenters. The minimum absolute atomic E-state index is 0.526. The molecular formula is C9H10ClN3. The molecule has 13 heavy (non-hydrogen) atoms. The highest BCUT2D eigenvalue weighted by atomic mass is 35.5. The van der Waals surface area contributed by atoms with Gasteiger partial charge in [-0.1, -0.05) is 11.6 Å². The van der Waals surface area contributed by atoms with Crippen molar-refractivity contribution in [1.82, 2.24) is 14.8 Å². The van der Waals surface area contributed by atoms with Crippen molar-refractivity contribution in [3.8, 4) is 0 Å². The maximum Gasteiger partial charge on any atom is 0.155 e. The van der Waals surface area contributed by atoms with Crippen molar-refractivity contribution in [2.75, 3.05) is 0 Å². The minimum atomic E-state index is 0.526. The molecule has 3 nitrogen and oxygen atoms in total. The zero-order valence-electron chi connectivity index (χ0n) is 7.80. The van der Waals surface area contributed by atoms with Crippen LogP contribution in [0.25, 0.3) is 10.9 Å². The van der Waals surface area contributed by atoms with E-state index in [-0.39, 0.29) is 0 Å². The van der Waals surface area contributed by atoms with Crippen LogP contribution in [-0.2, 0) is 7.05 Å². The summed E-state index contributed by atoms with van der Waals surface area (Å²) < 4.78 is 1.76. The van der Waals surface area contributed by atoms with Crippen molar-refractivity contribution >= 4 is 22.5 Å². The molecule has 0 fully saturated rings. The Labute approximate surface area is 81.3 Å². The van der Waals surface area contributed by atoms with E-state index in [0.717, 1.165) is 22.3 Å². The van der Waals surface area contributed by atoms with Crippen LogP contribution >= 0.6 is 11.6 Å². The van der Waals surface area contributed by atoms with E-state index in [4.69, 9.17) is 11.6 Å². The van der Waals surface area contributed by atoms with E-state index in [1.807, 2.05) is 27.0 Å². The van der Waals surface area contributed by atoms with Crippen LogP contribution in [0, 0.1) is 13.8 Å². The maximum atomic E-state index is 6.01. The van der Waals surface area contributed by atoms with Crippen molar-refractivity contribution < 1.29 is 0 Å². The fourth-order valence-corrected chi connectivity index (χ4v) is 1.90. The van der Waals surface area contributed by atoms with Gasteiger partial charge >= 0.3 is 0 Å². The lowest BCUT2D eigenvalue weighted by molar-refractivity contribution is 0.782. The second-order valence-corrected chi connectivity index (χ2v) is 3.52. The highest BCUT2D eigenvalue weighted by molar-refractivity contribution is 6.33. The van der Waals surface area contributed by atoms with E-state index in [1.54, 1.807) is 4.68 Å². The molecule has 0 amide bonds. The van der Waals surface area contributed by atoms with Crippen molar-refractivity contribution in [2.24, 2.45) is 7.05 Å². The van der Waals surface area contributed by atoms with Crippen LogP contribution in [0.2, 0.25) is 5.15 Å². The molecule has 68 valence electrons. The van der Waals surface area contributed by atoms with Gasteiger partial charge in [-0.15, -0.1) is 0 Å². The molecule has 0 spiro atoms. The van der Waals surface area contributed by atoms with Crippen LogP contribution in [0.4, 0.5) is 0 Å². The van der Waals surface area contributed by atoms with Crippen LogP contribution in [0.3, 0.4) is 0 Å². The van der Waals surface area contributed by atoms with Gasteiger partial charge in [0.15, 0.2) is 5.15 Å². The predicted molar refractivity (Wildman–Crippen MR) is 53.0 cm³/mol. The van der Waals surface area contributed by atoms with Gasteiger partial charge < -0.3 is 0 Å². The summed E-state index contributed by atoms with van der Waals surface area (Å²) in [6.45, 7) is 3.90. The van der Waals surface area contributed by atoms with Gasteiger partial charge in [-0.25, -0.2) is 4.98 Å². The zero-order chi connectivity index (χ0) is 9.59. The van der Waals surface area contributed by atoms with Gasteiger partial charge in [0.2, 0.25) is 0 Å². The smallest absolute Gasteiger partial charge is 0.155 e. The standard InChI is InChI=1S/C9H10ClN3/c1-5-4-7-6(2)12-13(3)8(7)9(10)11-5/h4H,1-3H3. The molecule has 2 aromatic heterocycles. The van der Waals surface area contributed by atoms with Crippen molar-refractivity contribution in [1.29, 1.82) is 0 Å². The first-order chi connectivity index (χ1) is 6.09. The second kappa shape index (κ2) is 2.70. The average molecular weight is 196 g/mol. The monoisotopic (exact) mass is 195 g/mol. The van der Waals surface area contributed by atoms with Crippen LogP contribution in [-0.4, -0.2) is 14.8 Å². The minimum Gasteiger partial charge on any atom is -0.265 e. The van der Waals surface area contributed by atoms with E-state index in [0.29, 0.717) is 5.15 Å². The van der Waals surface area contributed by atoms with Crippen molar-refractivity contribution in [2.45, 2.75) is 13.8 Å². The molecule has 0 saturated heterocycles. The molecule has 0 atom stereocenters. The Hall–Kier alpha value is -1.09. The van der Waals surface area contributed by atoms with Crippen LogP contribution in [0.15, 0.2) is 6.07 Å². The Kier molecular flexibility index (Phi) is 1.77. The summed E-state index contributed by atoms with van der Waals surface area (Å²) in [4.78, 5) is 4.18. The Morgan fingerprint density at radius 3 is 2.77 bits per heavy atom. The maximum absolute atomic E-state index is 6.01. The molecule has 2 aromatic rings. The molecule has 0 aliphatic carbocycles. The Morgan fingerprint density at radius 2 is 2.08 bits per heavy atom. The lowest BCUT2D eigenvalue weighted by atomic mass is 10.2. The van der Waals surface area contributed by atoms with Gasteiger partial charge in [0.1, 0.15) is 5.52 Å². The van der Waals surface area contributed by atoms with Gasteiger partial charge in [0.05, 0.1) is 5.69 Å². The molecular weight excluding hydrogens is 186 g/mol. The number of rotatable bonds is 0. The SMILES string of the molecule is Cc1cc2c(C)nn(C)c2c(Cl)n1. The molecule has 4 heteroatoms. The van der Waals surface area contributed by atoms with Crippen molar-refractivity contribution in [3.63, 3.8) is 0 Å². The Balaban J connectivity index is 2.97. The van der Waals surface area contributed by atoms with Crippen molar-refractivity contribution in [3.05, 3.63) is 22.6 Å². The van der Waals surface area contributed by atoms with E-state index in [9.17, 15) is 0 Å². The number of pyridine rings is 1. The molecule has 2 heterocycles. The average Bonchev–Trinajstić information content (AvgIpc) is 2.27. The number of halogens is 1. The van der Waals surface area contributed by atoms with Gasteiger partial charge in [-0.05, 0) is 19.9 Å². The number of aryl methyl sites for hydroxylation is 3. The molecule has 0 aliphatic rings. The molecule has 0 radical (unpaired) electrons. The molecule has 2 rings (SSSR count). The summed E-state index contributed by atoms with van der Waals surface area (Å²) >= 11 is 6.01. The number of hydrogen-bond donors (Lipinski definition) is 0. The summed E-state index contributed by atoms with van der Waals surface area (Å²) in [7, 11) is 1.87. The highest BCUT2D eigenvalue weighted by Crippen LogP contribution is 2.24. The first-order valence-corrected chi connectivity index (χ1v) is 4.44. The van der Waals surface area contributed by atoms with Crippen LogP contribution in [0.1, 0.15) is 11.4 Å². The first-order valence-electron chi connectivity index (χ1n) is 4.06. The van der Waals surface area contributed by atoms with E-state index >= 15 is 0 Å². The number of fused-ring (bicyclic) bond motifs is 1. The van der Waals surface area contributed by atoms with E-state index < -0.39 is 0 Å². The summed E-state index contributed by atoms with van der Waals surface area (Å²) in [5, 5.41) is 5.89. The molecule has 0 aromatic carbocycles. The fourth-order valence-electron chi connectivity index (χ4n) is 1.54. The predicted octanol–water partition coefficient (Wildman–Crippen LogP) is 2.24. The lowest BCUT2D eigenvalue weighted by Gasteiger charge is -1.98. The normalized spacial score (nSPS) is 11.1. The van der Waals surface area contributed by atoms with E-state index in [1.165, 1.54) is 0 Å². The van der Waals surface area contributed by atoms with Gasteiger partial charge in [0, 0.05) is 18.1 Å². The zero-order valence-corrected chi connectivity index (χ0v) is 8.55. The third-order valence-electron chi connectivity index (χ3n) is 2.09. The number of hydrogen-bond acceptors (Lipinski definition) is 2. The molecule has 0 N–H and O–H groups in total. The highest BCUT2D eigenvalue weighted by Gasteiger charge is 2.09. The Bertz CT molecular complexity index is 473. The Morgan fingerprint density at radius 1 is 1.38 bits per heavy atom. The van der Waals surface area contributed by atoms with Gasteiger partial charge in [-0.2, -0.15) is 5.10 Å². The first kappa shape index (κ1) is 8.51. The molecule has 0 saturated carbocycles. The molecule has 0 bridgehead atoms. The quantitative estimate of drug-likeness (QED) is 0.604. The topological polar surface area (TPSA) is 30.7 Å². The fraction of sp³-hybridized carbons (Fsp3) is 0.333.